The molecule has 3 heterocycles. The lowest BCUT2D eigenvalue weighted by Gasteiger charge is -2.26. The normalized spacial score (nSPS) is 15.4. The largest absolute Gasteiger partial charge is 0.457 e. The van der Waals surface area contributed by atoms with Gasteiger partial charge in [0.2, 0.25) is 5.91 Å². The zero-order valence-corrected chi connectivity index (χ0v) is 19.0. The maximum Gasteiger partial charge on any atom is 0.416 e. The molecule has 0 aliphatic carbocycles. The predicted octanol–water partition coefficient (Wildman–Crippen LogP) is 5.11. The smallest absolute Gasteiger partial charge is 0.416 e. The van der Waals surface area contributed by atoms with Crippen LogP contribution in [-0.4, -0.2) is 26.5 Å². The number of halogens is 3. The first-order chi connectivity index (χ1) is 17.2. The molecule has 1 aliphatic rings. The van der Waals surface area contributed by atoms with Crippen LogP contribution in [0.3, 0.4) is 0 Å². The Morgan fingerprint density at radius 2 is 1.78 bits per heavy atom. The van der Waals surface area contributed by atoms with Crippen LogP contribution in [0.15, 0.2) is 67.5 Å². The van der Waals surface area contributed by atoms with Crippen LogP contribution in [0, 0.1) is 0 Å². The monoisotopic (exact) mass is 493 g/mol. The molecule has 1 atom stereocenters. The van der Waals surface area contributed by atoms with Crippen molar-refractivity contribution >= 4 is 22.8 Å². The van der Waals surface area contributed by atoms with Gasteiger partial charge in [0, 0.05) is 23.8 Å². The third-order valence-electron chi connectivity index (χ3n) is 6.20. The average Bonchev–Trinajstić information content (AvgIpc) is 3.19. The number of nitrogen functional groups attached to an aromatic ring is 1. The maximum atomic E-state index is 12.8. The van der Waals surface area contributed by atoms with E-state index in [-0.39, 0.29) is 11.9 Å². The van der Waals surface area contributed by atoms with Crippen LogP contribution in [-0.2, 0) is 23.9 Å². The summed E-state index contributed by atoms with van der Waals surface area (Å²) >= 11 is 0. The lowest BCUT2D eigenvalue weighted by molar-refractivity contribution is -0.137. The lowest BCUT2D eigenvalue weighted by atomic mass is 9.97. The quantitative estimate of drug-likeness (QED) is 0.377. The molecule has 5 rings (SSSR count). The van der Waals surface area contributed by atoms with Crippen molar-refractivity contribution in [2.75, 3.05) is 5.73 Å². The number of ether oxygens (including phenoxy) is 1. The number of fused-ring (bicyclic) bond motifs is 3. The summed E-state index contributed by atoms with van der Waals surface area (Å²) in [4.78, 5) is 20.5. The molecular formula is C26H22F3N5O2. The molecule has 184 valence electrons. The maximum absolute atomic E-state index is 12.8. The highest BCUT2D eigenvalue weighted by Crippen LogP contribution is 2.40. The summed E-state index contributed by atoms with van der Waals surface area (Å²) in [7, 11) is 0. The fraction of sp³-hybridized carbons (Fsp3) is 0.192. The van der Waals surface area contributed by atoms with Gasteiger partial charge in [-0.2, -0.15) is 13.2 Å². The van der Waals surface area contributed by atoms with Crippen LogP contribution >= 0.6 is 0 Å². The van der Waals surface area contributed by atoms with Gasteiger partial charge in [0.1, 0.15) is 29.3 Å². The van der Waals surface area contributed by atoms with Gasteiger partial charge in [-0.25, -0.2) is 9.97 Å². The molecule has 0 unspecified atom stereocenters. The summed E-state index contributed by atoms with van der Waals surface area (Å²) in [6.45, 7) is 4.05. The molecule has 0 spiro atoms. The fourth-order valence-corrected chi connectivity index (χ4v) is 4.55. The van der Waals surface area contributed by atoms with Crippen molar-refractivity contribution in [3.05, 3.63) is 78.8 Å². The van der Waals surface area contributed by atoms with Gasteiger partial charge in [-0.3, -0.25) is 4.79 Å². The second-order valence-electron chi connectivity index (χ2n) is 8.49. The van der Waals surface area contributed by atoms with Gasteiger partial charge in [-0.1, -0.05) is 18.7 Å². The molecule has 36 heavy (non-hydrogen) atoms. The summed E-state index contributed by atoms with van der Waals surface area (Å²) < 4.78 is 46.2. The molecule has 7 nitrogen and oxygen atoms in total. The summed E-state index contributed by atoms with van der Waals surface area (Å²) in [6, 6.07) is 11.7. The van der Waals surface area contributed by atoms with E-state index in [1.807, 2.05) is 12.1 Å². The number of nitrogens with two attached hydrogens (primary N) is 1. The minimum Gasteiger partial charge on any atom is -0.457 e. The predicted molar refractivity (Wildman–Crippen MR) is 129 cm³/mol. The number of carbonyl (C=O) groups excluding carboxylic acids is 1. The topological polar surface area (TPSA) is 95.1 Å². The number of alkyl halides is 3. The highest BCUT2D eigenvalue weighted by atomic mass is 19.4. The van der Waals surface area contributed by atoms with E-state index in [9.17, 15) is 18.0 Å². The van der Waals surface area contributed by atoms with Crippen molar-refractivity contribution in [2.24, 2.45) is 0 Å². The number of rotatable bonds is 5. The number of anilines is 1. The van der Waals surface area contributed by atoms with Crippen molar-refractivity contribution in [2.45, 2.75) is 31.6 Å². The van der Waals surface area contributed by atoms with Gasteiger partial charge < -0.3 is 20.4 Å². The third kappa shape index (κ3) is 4.37. The average molecular weight is 493 g/mol. The zero-order valence-electron chi connectivity index (χ0n) is 19.0. The zero-order chi connectivity index (χ0) is 25.4. The van der Waals surface area contributed by atoms with Gasteiger partial charge in [-0.05, 0) is 60.9 Å². The van der Waals surface area contributed by atoms with Crippen molar-refractivity contribution in [1.82, 2.24) is 19.9 Å². The molecule has 3 N–H and O–H groups in total. The number of carbonyl (C=O) groups is 1. The van der Waals surface area contributed by atoms with Crippen LogP contribution in [0.5, 0.6) is 11.5 Å². The van der Waals surface area contributed by atoms with E-state index >= 15 is 0 Å². The minimum atomic E-state index is -4.40. The first kappa shape index (κ1) is 23.4. The molecule has 4 aromatic rings. The standard InChI is InChI=1S/C26H22F3N5O2/c1-2-21(35)33-17-7-12-20-22(23-24(30)31-14-32-25(23)34(20)13-17)15-3-8-18(9-4-15)36-19-10-5-16(6-11-19)26(27,28)29/h2-6,8-11,14,17H,1,7,12-13H2,(H,33,35)(H2,30,31,32)/t17-/m1/s1. The molecule has 1 aliphatic heterocycles. The summed E-state index contributed by atoms with van der Waals surface area (Å²) in [5.74, 6) is 0.909. The second kappa shape index (κ2) is 9.03. The molecule has 0 saturated heterocycles. The van der Waals surface area contributed by atoms with E-state index in [1.54, 1.807) is 12.1 Å². The van der Waals surface area contributed by atoms with Crippen LogP contribution in [0.4, 0.5) is 19.0 Å². The van der Waals surface area contributed by atoms with Crippen LogP contribution in [0.25, 0.3) is 22.2 Å². The Hall–Kier alpha value is -4.34. The van der Waals surface area contributed by atoms with E-state index in [2.05, 4.69) is 26.4 Å². The number of benzene rings is 2. The molecule has 2 aromatic heterocycles. The van der Waals surface area contributed by atoms with E-state index in [1.165, 1.54) is 24.5 Å². The van der Waals surface area contributed by atoms with E-state index < -0.39 is 11.7 Å². The number of nitrogens with one attached hydrogen (secondary N) is 1. The van der Waals surface area contributed by atoms with Crippen molar-refractivity contribution < 1.29 is 22.7 Å². The van der Waals surface area contributed by atoms with Gasteiger partial charge >= 0.3 is 6.18 Å². The highest BCUT2D eigenvalue weighted by molar-refractivity contribution is 6.02. The molecule has 0 radical (unpaired) electrons. The first-order valence-corrected chi connectivity index (χ1v) is 11.2. The molecular weight excluding hydrogens is 471 g/mol. The third-order valence-corrected chi connectivity index (χ3v) is 6.20. The van der Waals surface area contributed by atoms with Crippen LogP contribution in [0.2, 0.25) is 0 Å². The Balaban J connectivity index is 1.46. The van der Waals surface area contributed by atoms with Gasteiger partial charge in [0.05, 0.1) is 10.9 Å². The number of amides is 1. The molecule has 0 bridgehead atoms. The minimum absolute atomic E-state index is 0.0675. The Kier molecular flexibility index (Phi) is 5.87. The first-order valence-electron chi connectivity index (χ1n) is 11.2. The van der Waals surface area contributed by atoms with Crippen LogP contribution in [0.1, 0.15) is 17.7 Å². The molecule has 1 amide bonds. The summed E-state index contributed by atoms with van der Waals surface area (Å²) in [5.41, 5.74) is 9.05. The molecule has 0 fully saturated rings. The van der Waals surface area contributed by atoms with E-state index in [0.717, 1.165) is 40.8 Å². The van der Waals surface area contributed by atoms with Crippen LogP contribution < -0.4 is 15.8 Å². The van der Waals surface area contributed by atoms with Crippen molar-refractivity contribution in [3.63, 3.8) is 0 Å². The Morgan fingerprint density at radius 3 is 2.42 bits per heavy atom. The van der Waals surface area contributed by atoms with E-state index in [0.29, 0.717) is 35.9 Å². The summed E-state index contributed by atoms with van der Waals surface area (Å²) in [6.07, 6.45) is -0.296. The van der Waals surface area contributed by atoms with Gasteiger partial charge in [0.15, 0.2) is 0 Å². The van der Waals surface area contributed by atoms with Crippen molar-refractivity contribution in [1.29, 1.82) is 0 Å². The molecule has 0 saturated carbocycles. The summed E-state index contributed by atoms with van der Waals surface area (Å²) in [5, 5.41) is 3.68. The number of hydrogen-bond acceptors (Lipinski definition) is 5. The fourth-order valence-electron chi connectivity index (χ4n) is 4.55. The molecule has 10 heteroatoms. The van der Waals surface area contributed by atoms with Crippen molar-refractivity contribution in [3.8, 4) is 22.6 Å². The number of hydrogen-bond donors (Lipinski definition) is 2. The Morgan fingerprint density at radius 1 is 1.11 bits per heavy atom. The number of nitrogens with zero attached hydrogens (tertiary/aromatic N) is 3. The lowest BCUT2D eigenvalue weighted by Crippen LogP contribution is -2.40. The van der Waals surface area contributed by atoms with Gasteiger partial charge in [-0.15, -0.1) is 0 Å². The number of aromatic nitrogens is 3. The second-order valence-corrected chi connectivity index (χ2v) is 8.49. The van der Waals surface area contributed by atoms with E-state index in [4.69, 9.17) is 10.5 Å². The Labute approximate surface area is 204 Å². The molecule has 2 aromatic carbocycles. The highest BCUT2D eigenvalue weighted by Gasteiger charge is 2.30. The Bertz CT molecular complexity index is 1440. The SMILES string of the molecule is C=CC(=O)N[C@@H]1CCc2c(-c3ccc(Oc4ccc(C(F)(F)F)cc4)cc3)c3c(N)ncnc3n2C1. The van der Waals surface area contributed by atoms with Gasteiger partial charge in [0.25, 0.3) is 0 Å².